The quantitative estimate of drug-likeness (QED) is 0.778. The maximum atomic E-state index is 13.2. The van der Waals surface area contributed by atoms with Gasteiger partial charge in [-0.1, -0.05) is 13.8 Å². The lowest BCUT2D eigenvalue weighted by Crippen LogP contribution is -2.58. The van der Waals surface area contributed by atoms with Crippen LogP contribution >= 0.6 is 0 Å². The monoisotopic (exact) mass is 413 g/mol. The number of fused-ring (bicyclic) bond motifs is 1. The van der Waals surface area contributed by atoms with Crippen molar-refractivity contribution >= 4 is 28.8 Å². The summed E-state index contributed by atoms with van der Waals surface area (Å²) in [4.78, 5) is 41.5. The van der Waals surface area contributed by atoms with Gasteiger partial charge in [-0.05, 0) is 37.8 Å². The van der Waals surface area contributed by atoms with Crippen molar-refractivity contribution in [3.63, 3.8) is 0 Å². The molecule has 2 saturated heterocycles. The molecule has 0 atom stereocenters. The molecule has 0 aliphatic carbocycles. The predicted octanol–water partition coefficient (Wildman–Crippen LogP) is 2.93. The van der Waals surface area contributed by atoms with Gasteiger partial charge in [0.25, 0.3) is 11.8 Å². The standard InChI is InChI=1S/C22H27N3O5/c1-13(2)12-25-21(28)23-20(27)22(25)7-9-24(10-8-22)19(26)18-14(3)16-6-5-15(29-4)11-17(16)30-18/h5-6,11,13H,7-10,12H2,1-4H3,(H,23,27,28). The van der Waals surface area contributed by atoms with Gasteiger partial charge in [-0.15, -0.1) is 0 Å². The molecular weight excluding hydrogens is 386 g/mol. The fourth-order valence-electron chi connectivity index (χ4n) is 4.48. The molecule has 0 unspecified atom stereocenters. The van der Waals surface area contributed by atoms with E-state index < -0.39 is 5.54 Å². The Kier molecular flexibility index (Phi) is 4.95. The average molecular weight is 413 g/mol. The van der Waals surface area contributed by atoms with Crippen LogP contribution in [0.5, 0.6) is 5.75 Å². The Morgan fingerprint density at radius 2 is 1.97 bits per heavy atom. The fraction of sp³-hybridized carbons (Fsp3) is 0.500. The maximum absolute atomic E-state index is 13.2. The number of ether oxygens (including phenoxy) is 1. The summed E-state index contributed by atoms with van der Waals surface area (Å²) in [6.07, 6.45) is 0.826. The number of carbonyl (C=O) groups is 3. The van der Waals surface area contributed by atoms with Crippen LogP contribution in [0, 0.1) is 12.8 Å². The van der Waals surface area contributed by atoms with E-state index in [9.17, 15) is 14.4 Å². The van der Waals surface area contributed by atoms with Crippen LogP contribution in [-0.4, -0.2) is 59.9 Å². The predicted molar refractivity (Wildman–Crippen MR) is 110 cm³/mol. The summed E-state index contributed by atoms with van der Waals surface area (Å²) >= 11 is 0. The third-order valence-electron chi connectivity index (χ3n) is 6.17. The molecule has 4 rings (SSSR count). The second-order valence-electron chi connectivity index (χ2n) is 8.51. The van der Waals surface area contributed by atoms with Crippen molar-refractivity contribution < 1.29 is 23.5 Å². The van der Waals surface area contributed by atoms with Gasteiger partial charge in [-0.25, -0.2) is 4.79 Å². The zero-order chi connectivity index (χ0) is 21.6. The van der Waals surface area contributed by atoms with Crippen LogP contribution in [0.3, 0.4) is 0 Å². The van der Waals surface area contributed by atoms with E-state index in [-0.39, 0.29) is 23.8 Å². The Bertz CT molecular complexity index is 1020. The molecule has 2 aromatic rings. The zero-order valence-electron chi connectivity index (χ0n) is 17.8. The molecule has 0 radical (unpaired) electrons. The van der Waals surface area contributed by atoms with E-state index in [0.29, 0.717) is 49.6 Å². The van der Waals surface area contributed by atoms with E-state index in [0.717, 1.165) is 10.9 Å². The molecule has 1 aromatic heterocycles. The number of hydrogen-bond acceptors (Lipinski definition) is 5. The van der Waals surface area contributed by atoms with E-state index in [4.69, 9.17) is 9.15 Å². The number of rotatable bonds is 4. The van der Waals surface area contributed by atoms with Gasteiger partial charge in [0.15, 0.2) is 5.76 Å². The molecule has 0 bridgehead atoms. The Balaban J connectivity index is 1.55. The number of nitrogens with zero attached hydrogens (tertiary/aromatic N) is 2. The second-order valence-corrected chi connectivity index (χ2v) is 8.51. The molecule has 0 saturated carbocycles. The summed E-state index contributed by atoms with van der Waals surface area (Å²) in [6.45, 7) is 7.17. The van der Waals surface area contributed by atoms with Gasteiger partial charge in [0.2, 0.25) is 0 Å². The second kappa shape index (κ2) is 7.34. The zero-order valence-corrected chi connectivity index (χ0v) is 17.8. The van der Waals surface area contributed by atoms with Crippen molar-refractivity contribution in [3.05, 3.63) is 29.5 Å². The molecular formula is C22H27N3O5. The summed E-state index contributed by atoms with van der Waals surface area (Å²) in [5.41, 5.74) is 0.523. The summed E-state index contributed by atoms with van der Waals surface area (Å²) in [5, 5.41) is 3.33. The third-order valence-corrected chi connectivity index (χ3v) is 6.17. The number of urea groups is 1. The molecule has 8 heteroatoms. The summed E-state index contributed by atoms with van der Waals surface area (Å²) < 4.78 is 11.1. The smallest absolute Gasteiger partial charge is 0.325 e. The van der Waals surface area contributed by atoms with E-state index in [1.807, 2.05) is 32.9 Å². The molecule has 30 heavy (non-hydrogen) atoms. The number of nitrogens with one attached hydrogen (secondary N) is 1. The Labute approximate surface area is 175 Å². The minimum absolute atomic E-state index is 0.197. The Morgan fingerprint density at radius 1 is 1.27 bits per heavy atom. The molecule has 3 heterocycles. The lowest BCUT2D eigenvalue weighted by molar-refractivity contribution is -0.129. The van der Waals surface area contributed by atoms with Gasteiger partial charge in [0.05, 0.1) is 7.11 Å². The lowest BCUT2D eigenvalue weighted by atomic mass is 9.85. The first-order valence-corrected chi connectivity index (χ1v) is 10.3. The number of imide groups is 1. The van der Waals surface area contributed by atoms with Crippen molar-refractivity contribution in [2.24, 2.45) is 5.92 Å². The number of furan rings is 1. The Hall–Kier alpha value is -3.03. The third kappa shape index (κ3) is 3.11. The van der Waals surface area contributed by atoms with Crippen LogP contribution in [-0.2, 0) is 4.79 Å². The number of hydrogen-bond donors (Lipinski definition) is 1. The number of amides is 4. The van der Waals surface area contributed by atoms with Crippen molar-refractivity contribution in [3.8, 4) is 5.75 Å². The van der Waals surface area contributed by atoms with Gasteiger partial charge in [0, 0.05) is 36.7 Å². The van der Waals surface area contributed by atoms with E-state index in [1.165, 1.54) is 0 Å². The first-order chi connectivity index (χ1) is 14.3. The molecule has 160 valence electrons. The highest BCUT2D eigenvalue weighted by Crippen LogP contribution is 2.35. The van der Waals surface area contributed by atoms with Crippen molar-refractivity contribution in [2.45, 2.75) is 39.2 Å². The molecule has 8 nitrogen and oxygen atoms in total. The molecule has 2 aliphatic rings. The molecule has 2 aliphatic heterocycles. The highest BCUT2D eigenvalue weighted by atomic mass is 16.5. The topological polar surface area (TPSA) is 92.1 Å². The summed E-state index contributed by atoms with van der Waals surface area (Å²) in [6, 6.07) is 5.15. The van der Waals surface area contributed by atoms with Gasteiger partial charge in [-0.3, -0.25) is 14.9 Å². The van der Waals surface area contributed by atoms with Gasteiger partial charge in [0.1, 0.15) is 16.9 Å². The maximum Gasteiger partial charge on any atom is 0.325 e. The number of benzene rings is 1. The molecule has 1 N–H and O–H groups in total. The lowest BCUT2D eigenvalue weighted by Gasteiger charge is -2.42. The van der Waals surface area contributed by atoms with Crippen LogP contribution in [0.2, 0.25) is 0 Å². The average Bonchev–Trinajstić information content (AvgIpc) is 3.17. The minimum Gasteiger partial charge on any atom is -0.497 e. The molecule has 1 spiro atoms. The van der Waals surface area contributed by atoms with Crippen LogP contribution < -0.4 is 10.1 Å². The number of aryl methyl sites for hydroxylation is 1. The molecule has 1 aromatic carbocycles. The van der Waals surface area contributed by atoms with E-state index >= 15 is 0 Å². The number of carbonyl (C=O) groups excluding carboxylic acids is 3. The largest absolute Gasteiger partial charge is 0.497 e. The van der Waals surface area contributed by atoms with Crippen LogP contribution in [0.1, 0.15) is 42.8 Å². The number of piperidine rings is 1. The van der Waals surface area contributed by atoms with E-state index in [2.05, 4.69) is 5.32 Å². The highest BCUT2D eigenvalue weighted by Gasteiger charge is 2.54. The fourth-order valence-corrected chi connectivity index (χ4v) is 4.48. The van der Waals surface area contributed by atoms with Crippen LogP contribution in [0.4, 0.5) is 4.79 Å². The van der Waals surface area contributed by atoms with Gasteiger partial charge in [-0.2, -0.15) is 0 Å². The molecule has 4 amide bonds. The first kappa shape index (κ1) is 20.3. The van der Waals surface area contributed by atoms with E-state index in [1.54, 1.807) is 23.0 Å². The van der Waals surface area contributed by atoms with Crippen molar-refractivity contribution in [1.82, 2.24) is 15.1 Å². The SMILES string of the molecule is COc1ccc2c(C)c(C(=O)N3CCC4(CC3)C(=O)NC(=O)N4CC(C)C)oc2c1. The van der Waals surface area contributed by atoms with Crippen molar-refractivity contribution in [2.75, 3.05) is 26.7 Å². The normalized spacial score (nSPS) is 18.6. The van der Waals surface area contributed by atoms with Gasteiger partial charge < -0.3 is 19.0 Å². The first-order valence-electron chi connectivity index (χ1n) is 10.3. The van der Waals surface area contributed by atoms with Crippen molar-refractivity contribution in [1.29, 1.82) is 0 Å². The summed E-state index contributed by atoms with van der Waals surface area (Å²) in [5.74, 6) is 0.760. The Morgan fingerprint density at radius 3 is 2.60 bits per heavy atom. The summed E-state index contributed by atoms with van der Waals surface area (Å²) in [7, 11) is 1.58. The minimum atomic E-state index is -0.867. The van der Waals surface area contributed by atoms with Gasteiger partial charge >= 0.3 is 6.03 Å². The highest BCUT2D eigenvalue weighted by molar-refractivity contribution is 6.07. The number of likely N-dealkylation sites (tertiary alicyclic amines) is 1. The molecule has 2 fully saturated rings. The van der Waals surface area contributed by atoms with Crippen LogP contribution in [0.15, 0.2) is 22.6 Å². The number of methoxy groups -OCH3 is 1. The van der Waals surface area contributed by atoms with Crippen LogP contribution in [0.25, 0.3) is 11.0 Å².